The molecule has 0 aliphatic carbocycles. The van der Waals surface area contributed by atoms with Gasteiger partial charge in [0.2, 0.25) is 0 Å². The Morgan fingerprint density at radius 3 is 2.71 bits per heavy atom. The number of hydrogen-bond acceptors (Lipinski definition) is 2. The number of halogens is 4. The van der Waals surface area contributed by atoms with E-state index in [2.05, 4.69) is 4.98 Å². The predicted molar refractivity (Wildman–Crippen MR) is 56.2 cm³/mol. The molecule has 0 bridgehead atoms. The fourth-order valence-electron chi connectivity index (χ4n) is 0.910. The van der Waals surface area contributed by atoms with Gasteiger partial charge < -0.3 is 0 Å². The second-order valence-corrected chi connectivity index (χ2v) is 3.83. The highest BCUT2D eigenvalue weighted by atomic mass is 127. The summed E-state index contributed by atoms with van der Waals surface area (Å²) < 4.78 is 25.1. The first-order valence-corrected chi connectivity index (χ1v) is 5.15. The maximum atomic E-state index is 12.3. The molecule has 0 saturated heterocycles. The minimum absolute atomic E-state index is 0.0422. The van der Waals surface area contributed by atoms with Crippen LogP contribution in [0, 0.1) is 14.9 Å². The summed E-state index contributed by atoms with van der Waals surface area (Å²) >= 11 is 7.31. The minimum atomic E-state index is -2.64. The van der Waals surface area contributed by atoms with Crippen LogP contribution < -0.4 is 0 Å². The molecule has 0 unspecified atom stereocenters. The summed E-state index contributed by atoms with van der Waals surface area (Å²) in [5.74, 6) is -0.0422. The lowest BCUT2D eigenvalue weighted by atomic mass is 10.2. The predicted octanol–water partition coefficient (Wildman–Crippen LogP) is 3.23. The molecule has 0 saturated carbocycles. The molecule has 0 spiro atoms. The van der Waals surface area contributed by atoms with Crippen LogP contribution in [0.2, 0.25) is 0 Å². The number of nitriles is 1. The van der Waals surface area contributed by atoms with Gasteiger partial charge in [-0.2, -0.15) is 5.26 Å². The summed E-state index contributed by atoms with van der Waals surface area (Å²) in [4.78, 5) is 3.61. The summed E-state index contributed by atoms with van der Waals surface area (Å²) in [6, 6.07) is 3.08. The standard InChI is InChI=1S/C8H4ClF2IN2/c9-2-7-4(3-13)5(12)1-6(14-7)8(10)11/h1,8H,2H2. The van der Waals surface area contributed by atoms with E-state index in [1.807, 2.05) is 28.7 Å². The van der Waals surface area contributed by atoms with Gasteiger partial charge in [-0.25, -0.2) is 13.8 Å². The number of pyridine rings is 1. The van der Waals surface area contributed by atoms with Gasteiger partial charge in [-0.1, -0.05) is 0 Å². The van der Waals surface area contributed by atoms with Crippen molar-refractivity contribution in [3.05, 3.63) is 26.6 Å². The number of aromatic nitrogens is 1. The molecule has 14 heavy (non-hydrogen) atoms. The van der Waals surface area contributed by atoms with Gasteiger partial charge in [0.05, 0.1) is 17.1 Å². The molecule has 0 aromatic carbocycles. The van der Waals surface area contributed by atoms with Crippen LogP contribution in [0.25, 0.3) is 0 Å². The summed E-state index contributed by atoms with van der Waals surface area (Å²) in [5.41, 5.74) is 0.130. The molecule has 0 radical (unpaired) electrons. The molecule has 0 amide bonds. The van der Waals surface area contributed by atoms with Gasteiger partial charge in [0, 0.05) is 3.57 Å². The summed E-state index contributed by atoms with van der Waals surface area (Å²) in [6.45, 7) is 0. The van der Waals surface area contributed by atoms with E-state index < -0.39 is 6.43 Å². The van der Waals surface area contributed by atoms with Gasteiger partial charge in [-0.3, -0.25) is 0 Å². The maximum Gasteiger partial charge on any atom is 0.280 e. The lowest BCUT2D eigenvalue weighted by Crippen LogP contribution is -2.00. The smallest absolute Gasteiger partial charge is 0.249 e. The molecule has 1 heterocycles. The van der Waals surface area contributed by atoms with Gasteiger partial charge in [0.1, 0.15) is 11.8 Å². The van der Waals surface area contributed by atoms with Crippen LogP contribution >= 0.6 is 34.2 Å². The molecular weight excluding hydrogens is 324 g/mol. The molecule has 1 aromatic rings. The Kier molecular flexibility index (Phi) is 4.01. The highest BCUT2D eigenvalue weighted by Gasteiger charge is 2.15. The normalized spacial score (nSPS) is 10.3. The van der Waals surface area contributed by atoms with Crippen LogP contribution in [0.5, 0.6) is 0 Å². The average Bonchev–Trinajstić information content (AvgIpc) is 2.16. The molecule has 0 fully saturated rings. The first-order chi connectivity index (χ1) is 6.60. The van der Waals surface area contributed by atoms with E-state index in [1.54, 1.807) is 0 Å². The van der Waals surface area contributed by atoms with E-state index in [1.165, 1.54) is 6.07 Å². The van der Waals surface area contributed by atoms with Crippen molar-refractivity contribution in [3.63, 3.8) is 0 Å². The van der Waals surface area contributed by atoms with Crippen LogP contribution in [0.4, 0.5) is 8.78 Å². The molecule has 74 valence electrons. The number of hydrogen-bond donors (Lipinski definition) is 0. The van der Waals surface area contributed by atoms with E-state index in [4.69, 9.17) is 16.9 Å². The van der Waals surface area contributed by atoms with Crippen molar-refractivity contribution >= 4 is 34.2 Å². The zero-order valence-electron chi connectivity index (χ0n) is 6.77. The van der Waals surface area contributed by atoms with Gasteiger partial charge in [-0.15, -0.1) is 11.6 Å². The topological polar surface area (TPSA) is 36.7 Å². The fourth-order valence-corrected chi connectivity index (χ4v) is 1.85. The average molecular weight is 328 g/mol. The molecule has 6 heteroatoms. The lowest BCUT2D eigenvalue weighted by Gasteiger charge is -2.05. The lowest BCUT2D eigenvalue weighted by molar-refractivity contribution is 0.145. The van der Waals surface area contributed by atoms with Crippen molar-refractivity contribution in [3.8, 4) is 6.07 Å². The Labute approximate surface area is 98.0 Å². The SMILES string of the molecule is N#Cc1c(I)cc(C(F)F)nc1CCl. The van der Waals surface area contributed by atoms with Crippen LogP contribution in [-0.2, 0) is 5.88 Å². The molecular formula is C8H4ClF2IN2. The molecule has 0 aliphatic heterocycles. The quantitative estimate of drug-likeness (QED) is 0.617. The largest absolute Gasteiger partial charge is 0.280 e. The monoisotopic (exact) mass is 328 g/mol. The molecule has 2 nitrogen and oxygen atoms in total. The second kappa shape index (κ2) is 4.84. The highest BCUT2D eigenvalue weighted by molar-refractivity contribution is 14.1. The first kappa shape index (κ1) is 11.6. The van der Waals surface area contributed by atoms with E-state index in [9.17, 15) is 8.78 Å². The summed E-state index contributed by atoms with van der Waals surface area (Å²) in [7, 11) is 0. The van der Waals surface area contributed by atoms with E-state index >= 15 is 0 Å². The molecule has 1 rings (SSSR count). The Bertz CT molecular complexity index is 390. The first-order valence-electron chi connectivity index (χ1n) is 3.53. The van der Waals surface area contributed by atoms with Gasteiger partial charge in [-0.05, 0) is 28.7 Å². The Morgan fingerprint density at radius 2 is 2.29 bits per heavy atom. The zero-order chi connectivity index (χ0) is 10.7. The van der Waals surface area contributed by atoms with Crippen molar-refractivity contribution in [1.82, 2.24) is 4.98 Å². The minimum Gasteiger partial charge on any atom is -0.249 e. The van der Waals surface area contributed by atoms with E-state index in [0.29, 0.717) is 3.57 Å². The summed E-state index contributed by atoms with van der Waals surface area (Å²) in [6.07, 6.45) is -2.64. The highest BCUT2D eigenvalue weighted by Crippen LogP contribution is 2.23. The molecule has 0 aliphatic rings. The van der Waals surface area contributed by atoms with Crippen LogP contribution in [0.15, 0.2) is 6.07 Å². The van der Waals surface area contributed by atoms with E-state index in [0.717, 1.165) is 0 Å². The van der Waals surface area contributed by atoms with E-state index in [-0.39, 0.29) is 22.8 Å². The van der Waals surface area contributed by atoms with Crippen molar-refractivity contribution in [1.29, 1.82) is 5.26 Å². The Hall–Kier alpha value is -0.480. The van der Waals surface area contributed by atoms with Crippen molar-refractivity contribution in [2.24, 2.45) is 0 Å². The molecule has 0 N–H and O–H groups in total. The second-order valence-electron chi connectivity index (χ2n) is 2.40. The third kappa shape index (κ3) is 2.30. The van der Waals surface area contributed by atoms with Gasteiger partial charge in [0.15, 0.2) is 0 Å². The maximum absolute atomic E-state index is 12.3. The molecule has 0 atom stereocenters. The van der Waals surface area contributed by atoms with Gasteiger partial charge >= 0.3 is 0 Å². The molecule has 1 aromatic heterocycles. The third-order valence-electron chi connectivity index (χ3n) is 1.53. The number of rotatable bonds is 2. The summed E-state index contributed by atoms with van der Waals surface area (Å²) in [5, 5.41) is 8.72. The Balaban J connectivity index is 3.33. The van der Waals surface area contributed by atoms with Crippen LogP contribution in [0.3, 0.4) is 0 Å². The third-order valence-corrected chi connectivity index (χ3v) is 2.63. The number of alkyl halides is 3. The van der Waals surface area contributed by atoms with Crippen LogP contribution in [-0.4, -0.2) is 4.98 Å². The van der Waals surface area contributed by atoms with Crippen LogP contribution in [0.1, 0.15) is 23.4 Å². The van der Waals surface area contributed by atoms with Crippen molar-refractivity contribution in [2.45, 2.75) is 12.3 Å². The van der Waals surface area contributed by atoms with Crippen molar-refractivity contribution < 1.29 is 8.78 Å². The van der Waals surface area contributed by atoms with Gasteiger partial charge in [0.25, 0.3) is 6.43 Å². The fraction of sp³-hybridized carbons (Fsp3) is 0.250. The number of nitrogens with zero attached hydrogens (tertiary/aromatic N) is 2. The Morgan fingerprint density at radius 1 is 1.64 bits per heavy atom. The zero-order valence-corrected chi connectivity index (χ0v) is 9.68. The van der Waals surface area contributed by atoms with Crippen molar-refractivity contribution in [2.75, 3.05) is 0 Å².